The smallest absolute Gasteiger partial charge is 0.258 e. The standard InChI is InChI=1S/C26H22N2O3S/c1-31-16-15-18-11-13-19(14-12-18)23-17-32-26(27-23)28-25(30)22-10-6-5-9-21(22)24(29)20-7-3-2-4-8-20/h2-14,17H,15-16H2,1H3,(H,27,28,30). The fraction of sp³-hybridized carbons (Fsp3) is 0.115. The maximum Gasteiger partial charge on any atom is 0.258 e. The fourth-order valence-corrected chi connectivity index (χ4v) is 4.03. The van der Waals surface area contributed by atoms with Gasteiger partial charge in [-0.05, 0) is 18.1 Å². The molecule has 0 aliphatic carbocycles. The van der Waals surface area contributed by atoms with Gasteiger partial charge in [-0.1, -0.05) is 72.8 Å². The van der Waals surface area contributed by atoms with Gasteiger partial charge >= 0.3 is 0 Å². The molecule has 0 saturated carbocycles. The predicted molar refractivity (Wildman–Crippen MR) is 127 cm³/mol. The Morgan fingerprint density at radius 2 is 1.59 bits per heavy atom. The van der Waals surface area contributed by atoms with Crippen LogP contribution in [0.15, 0.2) is 84.2 Å². The van der Waals surface area contributed by atoms with Crippen molar-refractivity contribution in [1.82, 2.24) is 4.98 Å². The number of hydrogen-bond donors (Lipinski definition) is 1. The first kappa shape index (κ1) is 21.6. The van der Waals surface area contributed by atoms with Crippen LogP contribution in [0.25, 0.3) is 11.3 Å². The molecule has 0 saturated heterocycles. The molecule has 0 aliphatic heterocycles. The van der Waals surface area contributed by atoms with E-state index in [0.717, 1.165) is 17.7 Å². The molecule has 160 valence electrons. The summed E-state index contributed by atoms with van der Waals surface area (Å²) in [4.78, 5) is 30.4. The Balaban J connectivity index is 1.50. The second-order valence-corrected chi connectivity index (χ2v) is 8.03. The van der Waals surface area contributed by atoms with Crippen LogP contribution in [-0.2, 0) is 11.2 Å². The largest absolute Gasteiger partial charge is 0.384 e. The molecular weight excluding hydrogens is 420 g/mol. The van der Waals surface area contributed by atoms with Crippen molar-refractivity contribution in [1.29, 1.82) is 0 Å². The lowest BCUT2D eigenvalue weighted by atomic mass is 9.98. The fourth-order valence-electron chi connectivity index (χ4n) is 3.31. The van der Waals surface area contributed by atoms with Gasteiger partial charge in [0.2, 0.25) is 0 Å². The lowest BCUT2D eigenvalue weighted by Crippen LogP contribution is -2.16. The van der Waals surface area contributed by atoms with Crippen LogP contribution >= 0.6 is 11.3 Å². The Hall–Kier alpha value is -3.61. The number of amides is 1. The first-order chi connectivity index (χ1) is 15.7. The maximum absolute atomic E-state index is 13.0. The summed E-state index contributed by atoms with van der Waals surface area (Å²) in [5.41, 5.74) is 4.18. The molecule has 0 unspecified atom stereocenters. The van der Waals surface area contributed by atoms with E-state index in [4.69, 9.17) is 4.74 Å². The van der Waals surface area contributed by atoms with Gasteiger partial charge in [0.15, 0.2) is 10.9 Å². The van der Waals surface area contributed by atoms with E-state index in [-0.39, 0.29) is 11.7 Å². The van der Waals surface area contributed by atoms with Crippen LogP contribution in [0.2, 0.25) is 0 Å². The van der Waals surface area contributed by atoms with E-state index in [1.807, 2.05) is 23.6 Å². The highest BCUT2D eigenvalue weighted by atomic mass is 32.1. The molecule has 0 aliphatic rings. The Kier molecular flexibility index (Phi) is 6.84. The van der Waals surface area contributed by atoms with Crippen molar-refractivity contribution in [3.8, 4) is 11.3 Å². The van der Waals surface area contributed by atoms with Crippen molar-refractivity contribution in [3.05, 3.63) is 106 Å². The second-order valence-electron chi connectivity index (χ2n) is 7.17. The van der Waals surface area contributed by atoms with E-state index in [1.54, 1.807) is 55.6 Å². The molecule has 6 heteroatoms. The average Bonchev–Trinajstić information content (AvgIpc) is 3.31. The number of ketones is 1. The number of anilines is 1. The summed E-state index contributed by atoms with van der Waals surface area (Å²) in [7, 11) is 1.69. The SMILES string of the molecule is COCCc1ccc(-c2csc(NC(=O)c3ccccc3C(=O)c3ccccc3)n2)cc1. The summed E-state index contributed by atoms with van der Waals surface area (Å²) in [5, 5.41) is 5.22. The van der Waals surface area contributed by atoms with Gasteiger partial charge in [-0.25, -0.2) is 4.98 Å². The Morgan fingerprint density at radius 1 is 0.906 bits per heavy atom. The Morgan fingerprint density at radius 3 is 2.31 bits per heavy atom. The number of nitrogens with one attached hydrogen (secondary N) is 1. The molecule has 4 rings (SSSR count). The van der Waals surface area contributed by atoms with E-state index in [2.05, 4.69) is 22.4 Å². The Labute approximate surface area is 190 Å². The highest BCUT2D eigenvalue weighted by molar-refractivity contribution is 7.14. The van der Waals surface area contributed by atoms with E-state index in [0.29, 0.717) is 28.4 Å². The predicted octanol–water partition coefficient (Wildman–Crippen LogP) is 5.48. The van der Waals surface area contributed by atoms with Crippen molar-refractivity contribution in [2.45, 2.75) is 6.42 Å². The van der Waals surface area contributed by atoms with Crippen LogP contribution in [0.4, 0.5) is 5.13 Å². The van der Waals surface area contributed by atoms with Crippen molar-refractivity contribution in [2.24, 2.45) is 0 Å². The third-order valence-corrected chi connectivity index (χ3v) is 5.78. The van der Waals surface area contributed by atoms with Crippen molar-refractivity contribution >= 4 is 28.2 Å². The van der Waals surface area contributed by atoms with E-state index in [1.165, 1.54) is 16.9 Å². The first-order valence-electron chi connectivity index (χ1n) is 10.2. The molecule has 0 atom stereocenters. The number of carbonyl (C=O) groups is 2. The molecule has 0 spiro atoms. The van der Waals surface area contributed by atoms with E-state index in [9.17, 15) is 9.59 Å². The van der Waals surface area contributed by atoms with Crippen LogP contribution in [0.5, 0.6) is 0 Å². The van der Waals surface area contributed by atoms with Gasteiger partial charge in [0.1, 0.15) is 0 Å². The zero-order valence-corrected chi connectivity index (χ0v) is 18.4. The molecule has 1 aromatic heterocycles. The second kappa shape index (κ2) is 10.1. The molecule has 0 bridgehead atoms. The molecule has 1 N–H and O–H groups in total. The zero-order valence-electron chi connectivity index (χ0n) is 17.6. The molecular formula is C26H22N2O3S. The first-order valence-corrected chi connectivity index (χ1v) is 11.1. The molecule has 1 heterocycles. The topological polar surface area (TPSA) is 68.3 Å². The summed E-state index contributed by atoms with van der Waals surface area (Å²) in [5.74, 6) is -0.551. The van der Waals surface area contributed by atoms with Crippen molar-refractivity contribution in [3.63, 3.8) is 0 Å². The van der Waals surface area contributed by atoms with Crippen LogP contribution in [0, 0.1) is 0 Å². The van der Waals surface area contributed by atoms with Crippen molar-refractivity contribution in [2.75, 3.05) is 19.0 Å². The number of hydrogen-bond acceptors (Lipinski definition) is 5. The third kappa shape index (κ3) is 4.99. The van der Waals surface area contributed by atoms with Gasteiger partial charge in [0, 0.05) is 29.2 Å². The monoisotopic (exact) mass is 442 g/mol. The summed E-state index contributed by atoms with van der Waals surface area (Å²) in [6.45, 7) is 0.681. The highest BCUT2D eigenvalue weighted by Gasteiger charge is 2.19. The van der Waals surface area contributed by atoms with Gasteiger partial charge in [-0.2, -0.15) is 0 Å². The number of benzene rings is 3. The normalized spacial score (nSPS) is 10.7. The maximum atomic E-state index is 13.0. The van der Waals surface area contributed by atoms with Crippen LogP contribution < -0.4 is 5.32 Å². The minimum absolute atomic E-state index is 0.190. The summed E-state index contributed by atoms with van der Waals surface area (Å²) < 4.78 is 5.11. The molecule has 5 nitrogen and oxygen atoms in total. The summed E-state index contributed by atoms with van der Waals surface area (Å²) in [6, 6.07) is 23.9. The van der Waals surface area contributed by atoms with Crippen LogP contribution in [0.3, 0.4) is 0 Å². The summed E-state index contributed by atoms with van der Waals surface area (Å²) in [6.07, 6.45) is 0.857. The quantitative estimate of drug-likeness (QED) is 0.367. The minimum Gasteiger partial charge on any atom is -0.384 e. The molecule has 32 heavy (non-hydrogen) atoms. The lowest BCUT2D eigenvalue weighted by molar-refractivity contribution is 0.0996. The van der Waals surface area contributed by atoms with Gasteiger partial charge in [0.05, 0.1) is 17.9 Å². The zero-order chi connectivity index (χ0) is 22.3. The van der Waals surface area contributed by atoms with Gasteiger partial charge in [0.25, 0.3) is 5.91 Å². The number of aromatic nitrogens is 1. The number of rotatable bonds is 8. The van der Waals surface area contributed by atoms with Gasteiger partial charge in [-0.15, -0.1) is 11.3 Å². The van der Waals surface area contributed by atoms with E-state index < -0.39 is 0 Å². The van der Waals surface area contributed by atoms with Gasteiger partial charge in [-0.3, -0.25) is 14.9 Å². The minimum atomic E-state index is -0.360. The van der Waals surface area contributed by atoms with Gasteiger partial charge < -0.3 is 4.74 Å². The third-order valence-electron chi connectivity index (χ3n) is 5.02. The molecule has 3 aromatic carbocycles. The number of thiazole rings is 1. The highest BCUT2D eigenvalue weighted by Crippen LogP contribution is 2.26. The number of carbonyl (C=O) groups excluding carboxylic acids is 2. The molecule has 1 amide bonds. The summed E-state index contributed by atoms with van der Waals surface area (Å²) >= 11 is 1.35. The van der Waals surface area contributed by atoms with Crippen LogP contribution in [-0.4, -0.2) is 30.4 Å². The van der Waals surface area contributed by atoms with Crippen molar-refractivity contribution < 1.29 is 14.3 Å². The van der Waals surface area contributed by atoms with Crippen LogP contribution in [0.1, 0.15) is 31.8 Å². The number of methoxy groups -OCH3 is 1. The molecule has 0 fully saturated rings. The average molecular weight is 443 g/mol. The Bertz CT molecular complexity index is 1220. The lowest BCUT2D eigenvalue weighted by Gasteiger charge is -2.08. The number of ether oxygens (including phenoxy) is 1. The number of nitrogens with zero attached hydrogens (tertiary/aromatic N) is 1. The molecule has 0 radical (unpaired) electrons. The van der Waals surface area contributed by atoms with E-state index >= 15 is 0 Å². The molecule has 4 aromatic rings.